The van der Waals surface area contributed by atoms with E-state index < -0.39 is 11.8 Å². The summed E-state index contributed by atoms with van der Waals surface area (Å²) < 4.78 is 12.7. The van der Waals surface area contributed by atoms with Gasteiger partial charge in [-0.25, -0.2) is 0 Å². The van der Waals surface area contributed by atoms with E-state index >= 15 is 0 Å². The Morgan fingerprint density at radius 3 is 2.57 bits per heavy atom. The first kappa shape index (κ1) is 27.5. The van der Waals surface area contributed by atoms with Gasteiger partial charge in [0.2, 0.25) is 0 Å². The first-order valence-corrected chi connectivity index (χ1v) is 13.7. The first-order chi connectivity index (χ1) is 17.8. The maximum absolute atomic E-state index is 13.0. The fourth-order valence-electron chi connectivity index (χ4n) is 3.32. The summed E-state index contributed by atoms with van der Waals surface area (Å²) in [6, 6.07) is 17.3. The van der Waals surface area contributed by atoms with Gasteiger partial charge in [0.05, 0.1) is 16.0 Å². The van der Waals surface area contributed by atoms with Crippen LogP contribution in [0.3, 0.4) is 0 Å². The molecule has 1 N–H and O–H groups in total. The average Bonchev–Trinajstić information content (AvgIpc) is 3.12. The van der Waals surface area contributed by atoms with Crippen LogP contribution >= 0.6 is 63.1 Å². The minimum Gasteiger partial charge on any atom is -0.490 e. The van der Waals surface area contributed by atoms with E-state index in [1.807, 2.05) is 31.2 Å². The lowest BCUT2D eigenvalue weighted by Crippen LogP contribution is -2.44. The quantitative estimate of drug-likeness (QED) is 0.207. The zero-order chi connectivity index (χ0) is 26.5. The second-order valence-electron chi connectivity index (χ2n) is 7.61. The zero-order valence-electron chi connectivity index (χ0n) is 19.3. The molecular formula is C26H19BrCl2N2O4S2. The number of thiocarbonyl (C=S) groups is 1. The minimum atomic E-state index is -0.476. The largest absolute Gasteiger partial charge is 0.490 e. The van der Waals surface area contributed by atoms with Gasteiger partial charge in [-0.2, -0.15) is 5.01 Å². The van der Waals surface area contributed by atoms with Crippen molar-refractivity contribution >= 4 is 85.3 Å². The van der Waals surface area contributed by atoms with Gasteiger partial charge >= 0.3 is 0 Å². The molecule has 11 heteroatoms. The third kappa shape index (κ3) is 6.66. The Labute approximate surface area is 242 Å². The molecule has 3 aromatic carbocycles. The molecule has 0 unspecified atom stereocenters. The maximum Gasteiger partial charge on any atom is 0.285 e. The monoisotopic (exact) mass is 636 g/mol. The number of halogens is 3. The maximum atomic E-state index is 13.0. The molecule has 1 aliphatic rings. The van der Waals surface area contributed by atoms with Crippen molar-refractivity contribution in [2.24, 2.45) is 0 Å². The topological polar surface area (TPSA) is 67.9 Å². The molecule has 1 aliphatic heterocycles. The number of nitrogens with zero attached hydrogens (tertiary/aromatic N) is 1. The van der Waals surface area contributed by atoms with E-state index in [1.54, 1.807) is 42.5 Å². The number of carbonyl (C=O) groups is 2. The number of thioether (sulfide) groups is 1. The Morgan fingerprint density at radius 1 is 1.14 bits per heavy atom. The van der Waals surface area contributed by atoms with Crippen LogP contribution < -0.4 is 14.9 Å². The van der Waals surface area contributed by atoms with E-state index in [-0.39, 0.29) is 10.9 Å². The van der Waals surface area contributed by atoms with Crippen molar-refractivity contribution in [3.63, 3.8) is 0 Å². The highest BCUT2D eigenvalue weighted by molar-refractivity contribution is 9.10. The van der Waals surface area contributed by atoms with E-state index in [9.17, 15) is 9.59 Å². The fraction of sp³-hybridized carbons (Fsp3) is 0.115. The van der Waals surface area contributed by atoms with Crippen LogP contribution in [0.4, 0.5) is 0 Å². The second kappa shape index (κ2) is 12.3. The Kier molecular flexibility index (Phi) is 9.15. The summed E-state index contributed by atoms with van der Waals surface area (Å²) in [6.07, 6.45) is 1.68. The van der Waals surface area contributed by atoms with Crippen LogP contribution in [0.1, 0.15) is 28.4 Å². The van der Waals surface area contributed by atoms with Crippen molar-refractivity contribution in [2.75, 3.05) is 6.61 Å². The number of amides is 2. The average molecular weight is 638 g/mol. The lowest BCUT2D eigenvalue weighted by molar-refractivity contribution is -0.123. The molecular weight excluding hydrogens is 619 g/mol. The molecule has 0 spiro atoms. The molecule has 0 atom stereocenters. The fourth-order valence-corrected chi connectivity index (χ4v) is 5.39. The van der Waals surface area contributed by atoms with Crippen LogP contribution in [-0.4, -0.2) is 27.8 Å². The summed E-state index contributed by atoms with van der Waals surface area (Å²) in [5.41, 5.74) is 4.43. The number of hydrazine groups is 1. The number of carbonyl (C=O) groups excluding carboxylic acids is 2. The highest BCUT2D eigenvalue weighted by atomic mass is 79.9. The smallest absolute Gasteiger partial charge is 0.285 e. The standard InChI is InChI=1S/C26H19BrCl2N2O4S2/c1-2-34-21-12-15(11-19(27)23(21)35-14-17-5-3-4-6-20(17)29)13-22-25(33)31(26(36)37-22)30-24(32)16-7-9-18(28)10-8-16/h3-13H,2,14H2,1H3,(H,30,32)/b22-13-. The molecule has 6 nitrogen and oxygen atoms in total. The van der Waals surface area contributed by atoms with Gasteiger partial charge in [-0.1, -0.05) is 53.2 Å². The summed E-state index contributed by atoms with van der Waals surface area (Å²) in [5, 5.41) is 2.17. The highest BCUT2D eigenvalue weighted by Crippen LogP contribution is 2.40. The Balaban J connectivity index is 1.53. The molecule has 0 saturated carbocycles. The molecule has 0 bridgehead atoms. The van der Waals surface area contributed by atoms with Gasteiger partial charge in [-0.05, 0) is 89.2 Å². The molecule has 0 aliphatic carbocycles. The Morgan fingerprint density at radius 2 is 1.86 bits per heavy atom. The van der Waals surface area contributed by atoms with E-state index in [0.29, 0.717) is 48.7 Å². The van der Waals surface area contributed by atoms with E-state index in [4.69, 9.17) is 44.9 Å². The molecule has 0 aromatic heterocycles. The summed E-state index contributed by atoms with van der Waals surface area (Å²) >= 11 is 22.1. The molecule has 1 heterocycles. The molecule has 4 rings (SSSR count). The second-order valence-corrected chi connectivity index (χ2v) is 11.0. The predicted octanol–water partition coefficient (Wildman–Crippen LogP) is 7.28. The summed E-state index contributed by atoms with van der Waals surface area (Å²) in [5.74, 6) is 0.101. The first-order valence-electron chi connectivity index (χ1n) is 10.9. The Hall–Kier alpha value is -2.56. The van der Waals surface area contributed by atoms with Gasteiger partial charge in [-0.15, -0.1) is 0 Å². The van der Waals surface area contributed by atoms with Crippen molar-refractivity contribution in [3.05, 3.63) is 96.8 Å². The van der Waals surface area contributed by atoms with Crippen molar-refractivity contribution in [1.82, 2.24) is 10.4 Å². The molecule has 190 valence electrons. The summed E-state index contributed by atoms with van der Waals surface area (Å²) in [7, 11) is 0. The van der Waals surface area contributed by atoms with Crippen LogP contribution in [0.25, 0.3) is 6.08 Å². The van der Waals surface area contributed by atoms with Crippen molar-refractivity contribution in [3.8, 4) is 11.5 Å². The zero-order valence-corrected chi connectivity index (χ0v) is 24.0. The molecule has 0 radical (unpaired) electrons. The third-order valence-corrected chi connectivity index (χ3v) is 7.58. The Bertz CT molecular complexity index is 1400. The molecule has 37 heavy (non-hydrogen) atoms. The van der Waals surface area contributed by atoms with E-state index in [1.165, 1.54) is 0 Å². The van der Waals surface area contributed by atoms with E-state index in [0.717, 1.165) is 22.3 Å². The normalized spacial score (nSPS) is 14.3. The number of hydrogen-bond donors (Lipinski definition) is 1. The summed E-state index contributed by atoms with van der Waals surface area (Å²) in [6.45, 7) is 2.54. The van der Waals surface area contributed by atoms with Gasteiger partial charge in [0, 0.05) is 21.2 Å². The number of rotatable bonds is 8. The number of nitrogens with one attached hydrogen (secondary N) is 1. The van der Waals surface area contributed by atoms with Gasteiger partial charge in [-0.3, -0.25) is 15.0 Å². The van der Waals surface area contributed by atoms with Crippen LogP contribution in [0.5, 0.6) is 11.5 Å². The van der Waals surface area contributed by atoms with Gasteiger partial charge in [0.25, 0.3) is 11.8 Å². The van der Waals surface area contributed by atoms with Crippen LogP contribution in [0.2, 0.25) is 10.0 Å². The SMILES string of the molecule is CCOc1cc(/C=C2\SC(=S)N(NC(=O)c3ccc(Cl)cc3)C2=O)cc(Br)c1OCc1ccccc1Cl. The molecule has 1 saturated heterocycles. The highest BCUT2D eigenvalue weighted by Gasteiger charge is 2.34. The van der Waals surface area contributed by atoms with Gasteiger partial charge in [0.1, 0.15) is 6.61 Å². The minimum absolute atomic E-state index is 0.211. The summed E-state index contributed by atoms with van der Waals surface area (Å²) in [4.78, 5) is 25.9. The third-order valence-electron chi connectivity index (χ3n) is 5.07. The number of hydrogen-bond acceptors (Lipinski definition) is 6. The van der Waals surface area contributed by atoms with Crippen LogP contribution in [0.15, 0.2) is 70.0 Å². The van der Waals surface area contributed by atoms with Gasteiger partial charge in [0.15, 0.2) is 15.8 Å². The van der Waals surface area contributed by atoms with Gasteiger partial charge < -0.3 is 9.47 Å². The molecule has 1 fully saturated rings. The molecule has 2 amide bonds. The van der Waals surface area contributed by atoms with Crippen molar-refractivity contribution in [1.29, 1.82) is 0 Å². The lowest BCUT2D eigenvalue weighted by Gasteiger charge is -2.16. The predicted molar refractivity (Wildman–Crippen MR) is 155 cm³/mol. The molecule has 3 aromatic rings. The lowest BCUT2D eigenvalue weighted by atomic mass is 10.1. The van der Waals surface area contributed by atoms with E-state index in [2.05, 4.69) is 21.4 Å². The number of ether oxygens (including phenoxy) is 2. The van der Waals surface area contributed by atoms with Crippen molar-refractivity contribution < 1.29 is 19.1 Å². The number of benzene rings is 3. The van der Waals surface area contributed by atoms with Crippen LogP contribution in [0, 0.1) is 0 Å². The van der Waals surface area contributed by atoms with Crippen molar-refractivity contribution in [2.45, 2.75) is 13.5 Å². The van der Waals surface area contributed by atoms with Crippen LogP contribution in [-0.2, 0) is 11.4 Å².